The van der Waals surface area contributed by atoms with E-state index in [2.05, 4.69) is 5.32 Å². The maximum atomic E-state index is 13.2. The lowest BCUT2D eigenvalue weighted by molar-refractivity contribution is -0.0440. The van der Waals surface area contributed by atoms with E-state index in [0.717, 1.165) is 0 Å². The van der Waals surface area contributed by atoms with Crippen molar-refractivity contribution in [3.8, 4) is 0 Å². The molecule has 2 aromatic rings. The highest BCUT2D eigenvalue weighted by Crippen LogP contribution is 2.25. The van der Waals surface area contributed by atoms with Gasteiger partial charge in [0.15, 0.2) is 0 Å². The predicted molar refractivity (Wildman–Crippen MR) is 134 cm³/mol. The molecule has 0 spiro atoms. The molecule has 0 radical (unpaired) electrons. The molecule has 0 unspecified atom stereocenters. The van der Waals surface area contributed by atoms with Crippen LogP contribution in [-0.4, -0.2) is 69.7 Å². The van der Waals surface area contributed by atoms with Crippen LogP contribution in [0.25, 0.3) is 0 Å². The fourth-order valence-corrected chi connectivity index (χ4v) is 7.48. The van der Waals surface area contributed by atoms with Gasteiger partial charge in [-0.1, -0.05) is 26.0 Å². The molecule has 192 valence electrons. The summed E-state index contributed by atoms with van der Waals surface area (Å²) >= 11 is 0. The van der Waals surface area contributed by atoms with Crippen molar-refractivity contribution >= 4 is 31.6 Å². The van der Waals surface area contributed by atoms with E-state index in [1.54, 1.807) is 32.9 Å². The van der Waals surface area contributed by atoms with Crippen LogP contribution < -0.4 is 5.32 Å². The summed E-state index contributed by atoms with van der Waals surface area (Å²) in [5, 5.41) is 2.69. The first-order valence-corrected chi connectivity index (χ1v) is 14.5. The second-order valence-electron chi connectivity index (χ2n) is 8.63. The highest BCUT2D eigenvalue weighted by molar-refractivity contribution is 7.89. The molecule has 2 atom stereocenters. The van der Waals surface area contributed by atoms with Crippen LogP contribution in [0.4, 0.5) is 5.69 Å². The smallest absolute Gasteiger partial charge is 0.255 e. The Balaban J connectivity index is 1.86. The van der Waals surface area contributed by atoms with Gasteiger partial charge < -0.3 is 10.1 Å². The SMILES string of the molecule is CCN(CC)S(=O)(=O)c1cc(NC(=O)c2cccc(S(=O)(=O)N3C[C@H](C)O[C@@H](C)C3)c2)ccc1C. The molecule has 0 saturated carbocycles. The highest BCUT2D eigenvalue weighted by Gasteiger charge is 2.32. The van der Waals surface area contributed by atoms with Crippen molar-refractivity contribution in [1.29, 1.82) is 0 Å². The minimum atomic E-state index is -3.82. The lowest BCUT2D eigenvalue weighted by atomic mass is 10.2. The summed E-state index contributed by atoms with van der Waals surface area (Å²) in [6.45, 7) is 9.99. The van der Waals surface area contributed by atoms with E-state index in [0.29, 0.717) is 24.3 Å². The Hall–Kier alpha value is -2.31. The molecule has 1 aliphatic heterocycles. The number of nitrogens with zero attached hydrogens (tertiary/aromatic N) is 2. The van der Waals surface area contributed by atoms with E-state index in [9.17, 15) is 21.6 Å². The number of amides is 1. The van der Waals surface area contributed by atoms with Crippen molar-refractivity contribution in [2.45, 2.75) is 56.6 Å². The monoisotopic (exact) mass is 523 g/mol. The highest BCUT2D eigenvalue weighted by atomic mass is 32.2. The van der Waals surface area contributed by atoms with Gasteiger partial charge in [-0.05, 0) is 56.7 Å². The van der Waals surface area contributed by atoms with E-state index in [1.165, 1.54) is 38.9 Å². The van der Waals surface area contributed by atoms with Crippen molar-refractivity contribution in [2.24, 2.45) is 0 Å². The summed E-state index contributed by atoms with van der Waals surface area (Å²) in [7, 11) is -7.53. The molecule has 1 amide bonds. The molecule has 1 aliphatic rings. The van der Waals surface area contributed by atoms with Gasteiger partial charge in [-0.25, -0.2) is 16.8 Å². The Kier molecular flexibility index (Phi) is 8.38. The lowest BCUT2D eigenvalue weighted by Gasteiger charge is -2.34. The number of aryl methyl sites for hydroxylation is 1. The Morgan fingerprint density at radius 3 is 2.26 bits per heavy atom. The second kappa shape index (κ2) is 10.8. The van der Waals surface area contributed by atoms with Gasteiger partial charge in [0.05, 0.1) is 22.0 Å². The van der Waals surface area contributed by atoms with Crippen LogP contribution in [0.5, 0.6) is 0 Å². The number of nitrogens with one attached hydrogen (secondary N) is 1. The molecule has 1 saturated heterocycles. The van der Waals surface area contributed by atoms with Gasteiger partial charge in [0.2, 0.25) is 20.0 Å². The van der Waals surface area contributed by atoms with Gasteiger partial charge in [0, 0.05) is 37.4 Å². The maximum Gasteiger partial charge on any atom is 0.255 e. The minimum absolute atomic E-state index is 0.0140. The average molecular weight is 524 g/mol. The summed E-state index contributed by atoms with van der Waals surface area (Å²) in [4.78, 5) is 13.1. The van der Waals surface area contributed by atoms with Crippen molar-refractivity contribution < 1.29 is 26.4 Å². The van der Waals surface area contributed by atoms with Crippen molar-refractivity contribution in [1.82, 2.24) is 8.61 Å². The number of hydrogen-bond acceptors (Lipinski definition) is 6. The van der Waals surface area contributed by atoms with E-state index in [1.807, 2.05) is 13.8 Å². The third kappa shape index (κ3) is 5.92. The predicted octanol–water partition coefficient (Wildman–Crippen LogP) is 3.08. The average Bonchev–Trinajstić information content (AvgIpc) is 2.80. The van der Waals surface area contributed by atoms with Gasteiger partial charge >= 0.3 is 0 Å². The van der Waals surface area contributed by atoms with Gasteiger partial charge in [-0.3, -0.25) is 4.79 Å². The molecule has 35 heavy (non-hydrogen) atoms. The number of benzene rings is 2. The quantitative estimate of drug-likeness (QED) is 0.569. The van der Waals surface area contributed by atoms with Crippen LogP contribution in [0, 0.1) is 6.92 Å². The summed E-state index contributed by atoms with van der Waals surface area (Å²) in [6, 6.07) is 10.5. The Morgan fingerprint density at radius 2 is 1.66 bits per heavy atom. The number of rotatable bonds is 8. The van der Waals surface area contributed by atoms with Gasteiger partial charge in [-0.2, -0.15) is 8.61 Å². The van der Waals surface area contributed by atoms with Crippen LogP contribution in [0.15, 0.2) is 52.3 Å². The topological polar surface area (TPSA) is 113 Å². The number of carbonyl (C=O) groups excluding carboxylic acids is 1. The van der Waals surface area contributed by atoms with E-state index >= 15 is 0 Å². The standard InChI is InChI=1S/C24H33N3O6S2/c1-6-26(7-2)35(31,32)23-14-21(12-11-17(23)3)25-24(28)20-9-8-10-22(13-20)34(29,30)27-15-18(4)33-19(5)16-27/h8-14,18-19H,6-7,15-16H2,1-5H3,(H,25,28)/t18-,19-/m0/s1. The normalized spacial score (nSPS) is 19.6. The van der Waals surface area contributed by atoms with Crippen molar-refractivity contribution in [2.75, 3.05) is 31.5 Å². The first-order chi connectivity index (χ1) is 16.4. The van der Waals surface area contributed by atoms with E-state index in [-0.39, 0.29) is 40.7 Å². The molecule has 1 fully saturated rings. The molecule has 1 N–H and O–H groups in total. The zero-order valence-electron chi connectivity index (χ0n) is 20.7. The molecule has 2 aromatic carbocycles. The zero-order valence-corrected chi connectivity index (χ0v) is 22.3. The first kappa shape index (κ1) is 27.3. The largest absolute Gasteiger partial charge is 0.373 e. The zero-order chi connectivity index (χ0) is 26.0. The molecule has 0 aromatic heterocycles. The molecule has 0 aliphatic carbocycles. The molecule has 3 rings (SSSR count). The molecule has 1 heterocycles. The molecular formula is C24H33N3O6S2. The van der Waals surface area contributed by atoms with Crippen LogP contribution in [0.2, 0.25) is 0 Å². The van der Waals surface area contributed by atoms with E-state index < -0.39 is 26.0 Å². The molecular weight excluding hydrogens is 490 g/mol. The Labute approximate surface area is 208 Å². The van der Waals surface area contributed by atoms with Crippen LogP contribution in [0.3, 0.4) is 0 Å². The van der Waals surface area contributed by atoms with Crippen LogP contribution in [-0.2, 0) is 24.8 Å². The summed E-state index contributed by atoms with van der Waals surface area (Å²) in [6.07, 6.45) is -0.466. The van der Waals surface area contributed by atoms with E-state index in [4.69, 9.17) is 4.74 Å². The number of anilines is 1. The molecule has 9 nitrogen and oxygen atoms in total. The summed E-state index contributed by atoms with van der Waals surface area (Å²) in [5.74, 6) is -0.541. The second-order valence-corrected chi connectivity index (χ2v) is 12.5. The van der Waals surface area contributed by atoms with Crippen LogP contribution in [0.1, 0.15) is 43.6 Å². The number of sulfonamides is 2. The third-order valence-corrected chi connectivity index (χ3v) is 9.91. The molecule has 11 heteroatoms. The van der Waals surface area contributed by atoms with Gasteiger partial charge in [0.25, 0.3) is 5.91 Å². The van der Waals surface area contributed by atoms with Crippen molar-refractivity contribution in [3.63, 3.8) is 0 Å². The first-order valence-electron chi connectivity index (χ1n) is 11.6. The summed E-state index contributed by atoms with van der Waals surface area (Å²) in [5.41, 5.74) is 1.02. The fraction of sp³-hybridized carbons (Fsp3) is 0.458. The van der Waals surface area contributed by atoms with Gasteiger partial charge in [-0.15, -0.1) is 0 Å². The minimum Gasteiger partial charge on any atom is -0.373 e. The van der Waals surface area contributed by atoms with Crippen molar-refractivity contribution in [3.05, 3.63) is 53.6 Å². The third-order valence-electron chi connectivity index (χ3n) is 5.89. The number of hydrogen-bond donors (Lipinski definition) is 1. The lowest BCUT2D eigenvalue weighted by Crippen LogP contribution is -2.48. The number of ether oxygens (including phenoxy) is 1. The Bertz CT molecular complexity index is 1280. The maximum absolute atomic E-state index is 13.2. The fourth-order valence-electron chi connectivity index (χ4n) is 4.14. The summed E-state index contributed by atoms with van der Waals surface area (Å²) < 4.78 is 60.7. The molecule has 0 bridgehead atoms. The number of carbonyl (C=O) groups is 1. The number of morpholine rings is 1. The Morgan fingerprint density at radius 1 is 1.03 bits per heavy atom. The van der Waals surface area contributed by atoms with Gasteiger partial charge in [0.1, 0.15) is 0 Å². The van der Waals surface area contributed by atoms with Crippen LogP contribution >= 0.6 is 0 Å².